The van der Waals surface area contributed by atoms with E-state index in [1.165, 1.54) is 0 Å². The normalized spacial score (nSPS) is 31.2. The summed E-state index contributed by atoms with van der Waals surface area (Å²) in [6.45, 7) is 1.22. The fourth-order valence-corrected chi connectivity index (χ4v) is 4.77. The van der Waals surface area contributed by atoms with E-state index in [0.29, 0.717) is 6.42 Å². The first-order valence-corrected chi connectivity index (χ1v) is 10.3. The molecule has 0 bridgehead atoms. The highest BCUT2D eigenvalue weighted by Crippen LogP contribution is 2.66. The predicted molar refractivity (Wildman–Crippen MR) is 71.1 cm³/mol. The van der Waals surface area contributed by atoms with Crippen LogP contribution < -0.4 is 0 Å². The van der Waals surface area contributed by atoms with Gasteiger partial charge in [0.25, 0.3) is 0 Å². The molecule has 1 aliphatic heterocycles. The lowest BCUT2D eigenvalue weighted by molar-refractivity contribution is 0.0155. The van der Waals surface area contributed by atoms with Crippen LogP contribution in [0.1, 0.15) is 13.3 Å². The molecule has 0 aliphatic carbocycles. The van der Waals surface area contributed by atoms with Crippen LogP contribution in [0.15, 0.2) is 0 Å². The minimum absolute atomic E-state index is 0.213. The SMILES string of the molecule is C#C[C@H]1C[C@@H](COP(=O)(O)OP(=O)(O)OP(=O)(O)O)O[C@H]1C. The van der Waals surface area contributed by atoms with E-state index in [4.69, 9.17) is 25.8 Å². The van der Waals surface area contributed by atoms with E-state index in [0.717, 1.165) is 0 Å². The molecule has 128 valence electrons. The van der Waals surface area contributed by atoms with Crippen LogP contribution in [0.2, 0.25) is 0 Å². The Bertz CT molecular complexity index is 576. The molecule has 0 radical (unpaired) electrons. The number of phosphoric acid groups is 3. The zero-order chi connectivity index (χ0) is 17.2. The molecule has 0 amide bonds. The van der Waals surface area contributed by atoms with Gasteiger partial charge in [-0.25, -0.2) is 13.7 Å². The summed E-state index contributed by atoms with van der Waals surface area (Å²) in [4.78, 5) is 34.9. The fraction of sp³-hybridized carbons (Fsp3) is 0.750. The van der Waals surface area contributed by atoms with Crippen LogP contribution in [0.3, 0.4) is 0 Å². The van der Waals surface area contributed by atoms with Gasteiger partial charge in [-0.15, -0.1) is 12.3 Å². The maximum absolute atomic E-state index is 11.5. The quantitative estimate of drug-likeness (QED) is 0.363. The molecular formula is C8H15O11P3. The molecule has 0 aromatic rings. The van der Waals surface area contributed by atoms with Crippen LogP contribution in [0.5, 0.6) is 0 Å². The minimum Gasteiger partial charge on any atom is -0.372 e. The average Bonchev–Trinajstić information content (AvgIpc) is 2.62. The van der Waals surface area contributed by atoms with Crippen molar-refractivity contribution in [3.8, 4) is 12.3 Å². The Balaban J connectivity index is 2.55. The van der Waals surface area contributed by atoms with Crippen molar-refractivity contribution in [1.82, 2.24) is 0 Å². The van der Waals surface area contributed by atoms with E-state index < -0.39 is 36.2 Å². The average molecular weight is 380 g/mol. The molecule has 1 saturated heterocycles. The van der Waals surface area contributed by atoms with Crippen LogP contribution >= 0.6 is 23.5 Å². The molecule has 0 aromatic carbocycles. The molecule has 4 N–H and O–H groups in total. The highest BCUT2D eigenvalue weighted by molar-refractivity contribution is 7.66. The molecule has 5 atom stereocenters. The summed E-state index contributed by atoms with van der Waals surface area (Å²) >= 11 is 0. The van der Waals surface area contributed by atoms with Crippen molar-refractivity contribution < 1.29 is 51.2 Å². The summed E-state index contributed by atoms with van der Waals surface area (Å²) < 4.78 is 49.9. The molecule has 14 heteroatoms. The molecule has 1 rings (SSSR count). The monoisotopic (exact) mass is 380 g/mol. The number of hydrogen-bond acceptors (Lipinski definition) is 7. The highest BCUT2D eigenvalue weighted by Gasteiger charge is 2.41. The zero-order valence-corrected chi connectivity index (χ0v) is 13.9. The van der Waals surface area contributed by atoms with E-state index in [2.05, 4.69) is 19.1 Å². The standard InChI is InChI=1S/C8H15O11P3/c1-3-7-4-8(17-6(7)2)5-16-21(12,13)19-22(14,15)18-20(9,10)11/h1,6-8H,4-5H2,2H3,(H,12,13)(H,14,15)(H2,9,10,11)/t6-,7-,8-/m0/s1. The molecule has 22 heavy (non-hydrogen) atoms. The Morgan fingerprint density at radius 1 is 1.18 bits per heavy atom. The Hall–Kier alpha value is -0.0700. The largest absolute Gasteiger partial charge is 0.490 e. The number of terminal acetylenes is 1. The van der Waals surface area contributed by atoms with Crippen molar-refractivity contribution in [2.45, 2.75) is 25.6 Å². The Morgan fingerprint density at radius 2 is 1.77 bits per heavy atom. The Labute approximate surface area is 126 Å². The number of phosphoric ester groups is 1. The van der Waals surface area contributed by atoms with Gasteiger partial charge in [-0.2, -0.15) is 8.62 Å². The van der Waals surface area contributed by atoms with Gasteiger partial charge < -0.3 is 24.3 Å². The van der Waals surface area contributed by atoms with Crippen LogP contribution in [0.4, 0.5) is 0 Å². The molecule has 0 spiro atoms. The minimum atomic E-state index is -5.50. The predicted octanol–water partition coefficient (Wildman–Crippen LogP) is 0.756. The van der Waals surface area contributed by atoms with Gasteiger partial charge in [0.1, 0.15) is 0 Å². The third-order valence-electron chi connectivity index (χ3n) is 2.54. The molecule has 0 saturated carbocycles. The van der Waals surface area contributed by atoms with Gasteiger partial charge in [0, 0.05) is 5.92 Å². The smallest absolute Gasteiger partial charge is 0.372 e. The second-order valence-electron chi connectivity index (χ2n) is 4.36. The van der Waals surface area contributed by atoms with Crippen LogP contribution in [-0.4, -0.2) is 38.4 Å². The lowest BCUT2D eigenvalue weighted by Crippen LogP contribution is -2.15. The molecule has 0 aromatic heterocycles. The summed E-state index contributed by atoms with van der Waals surface area (Å²) in [5.74, 6) is 2.26. The first-order chi connectivity index (χ1) is 9.84. The van der Waals surface area contributed by atoms with Gasteiger partial charge in [-0.3, -0.25) is 4.52 Å². The number of ether oxygens (including phenoxy) is 1. The lowest BCUT2D eigenvalue weighted by Gasteiger charge is -2.17. The van der Waals surface area contributed by atoms with Crippen molar-refractivity contribution >= 4 is 23.5 Å². The Morgan fingerprint density at radius 3 is 2.23 bits per heavy atom. The number of rotatable bonds is 7. The van der Waals surface area contributed by atoms with E-state index in [1.807, 2.05) is 0 Å². The first-order valence-electron chi connectivity index (χ1n) is 5.73. The van der Waals surface area contributed by atoms with Gasteiger partial charge in [-0.05, 0) is 13.3 Å². The second kappa shape index (κ2) is 7.22. The molecule has 1 heterocycles. The van der Waals surface area contributed by atoms with Crippen LogP contribution in [0.25, 0.3) is 0 Å². The van der Waals surface area contributed by atoms with E-state index in [-0.39, 0.29) is 12.0 Å². The fourth-order valence-electron chi connectivity index (χ4n) is 1.72. The van der Waals surface area contributed by atoms with Gasteiger partial charge in [0.2, 0.25) is 0 Å². The van der Waals surface area contributed by atoms with E-state index >= 15 is 0 Å². The molecular weight excluding hydrogens is 365 g/mol. The zero-order valence-electron chi connectivity index (χ0n) is 11.2. The van der Waals surface area contributed by atoms with Crippen molar-refractivity contribution in [2.24, 2.45) is 5.92 Å². The third-order valence-corrected chi connectivity index (χ3v) is 6.35. The van der Waals surface area contributed by atoms with Gasteiger partial charge in [-0.1, -0.05) is 0 Å². The van der Waals surface area contributed by atoms with E-state index in [9.17, 15) is 18.6 Å². The molecule has 11 nitrogen and oxygen atoms in total. The van der Waals surface area contributed by atoms with Crippen LogP contribution in [0, 0.1) is 18.3 Å². The van der Waals surface area contributed by atoms with Crippen molar-refractivity contribution in [3.63, 3.8) is 0 Å². The van der Waals surface area contributed by atoms with E-state index in [1.54, 1.807) is 6.92 Å². The summed E-state index contributed by atoms with van der Waals surface area (Å²) in [5.41, 5.74) is 0. The Kier molecular flexibility index (Phi) is 6.56. The maximum Gasteiger partial charge on any atom is 0.490 e. The number of hydrogen-bond donors (Lipinski definition) is 4. The second-order valence-corrected chi connectivity index (χ2v) is 8.78. The lowest BCUT2D eigenvalue weighted by atomic mass is 10.0. The summed E-state index contributed by atoms with van der Waals surface area (Å²) in [7, 11) is -16.0. The van der Waals surface area contributed by atoms with Crippen molar-refractivity contribution in [1.29, 1.82) is 0 Å². The highest BCUT2D eigenvalue weighted by atomic mass is 31.3. The summed E-state index contributed by atoms with van der Waals surface area (Å²) in [5, 5.41) is 0. The van der Waals surface area contributed by atoms with Gasteiger partial charge >= 0.3 is 23.5 Å². The van der Waals surface area contributed by atoms with Gasteiger partial charge in [0.15, 0.2) is 0 Å². The maximum atomic E-state index is 11.5. The molecule has 2 unspecified atom stereocenters. The topological polar surface area (TPSA) is 169 Å². The van der Waals surface area contributed by atoms with Crippen molar-refractivity contribution in [3.05, 3.63) is 0 Å². The summed E-state index contributed by atoms with van der Waals surface area (Å²) in [6, 6.07) is 0. The van der Waals surface area contributed by atoms with Crippen LogP contribution in [-0.2, 0) is 31.6 Å². The van der Waals surface area contributed by atoms with Crippen molar-refractivity contribution in [2.75, 3.05) is 6.61 Å². The molecule has 1 aliphatic rings. The first kappa shape index (κ1) is 20.0. The molecule has 1 fully saturated rings. The van der Waals surface area contributed by atoms with Gasteiger partial charge in [0.05, 0.1) is 18.8 Å². The summed E-state index contributed by atoms with van der Waals surface area (Å²) in [6.07, 6.45) is 4.66. The third kappa shape index (κ3) is 7.01.